The van der Waals surface area contributed by atoms with E-state index in [1.165, 1.54) is 5.56 Å². The van der Waals surface area contributed by atoms with Crippen LogP contribution in [0.25, 0.3) is 0 Å². The number of rotatable bonds is 5. The van der Waals surface area contributed by atoms with Crippen molar-refractivity contribution in [3.8, 4) is 0 Å². The van der Waals surface area contributed by atoms with Crippen molar-refractivity contribution in [1.82, 2.24) is 5.32 Å². The summed E-state index contributed by atoms with van der Waals surface area (Å²) in [5, 5.41) is 3.23. The van der Waals surface area contributed by atoms with Gasteiger partial charge in [0.15, 0.2) is 0 Å². The van der Waals surface area contributed by atoms with Crippen LogP contribution in [0.15, 0.2) is 30.3 Å². The molecule has 14 heavy (non-hydrogen) atoms. The highest BCUT2D eigenvalue weighted by Crippen LogP contribution is 2.10. The van der Waals surface area contributed by atoms with Crippen LogP contribution in [0.1, 0.15) is 24.9 Å². The summed E-state index contributed by atoms with van der Waals surface area (Å²) in [5.41, 5.74) is 6.26. The Balaban J connectivity index is 2.36. The van der Waals surface area contributed by atoms with E-state index in [9.17, 15) is 4.79 Å². The van der Waals surface area contributed by atoms with Gasteiger partial charge in [-0.3, -0.25) is 4.79 Å². The van der Waals surface area contributed by atoms with Crippen molar-refractivity contribution in [2.75, 3.05) is 6.54 Å². The minimum absolute atomic E-state index is 0.260. The monoisotopic (exact) mass is 192 g/mol. The molecular weight excluding hydrogens is 176 g/mol. The summed E-state index contributed by atoms with van der Waals surface area (Å²) < 4.78 is 0. The molecule has 3 N–H and O–H groups in total. The second-order valence-electron chi connectivity index (χ2n) is 3.30. The number of amides is 1. The van der Waals surface area contributed by atoms with Crippen LogP contribution in [0.5, 0.6) is 0 Å². The first-order valence-electron chi connectivity index (χ1n) is 4.77. The van der Waals surface area contributed by atoms with Gasteiger partial charge >= 0.3 is 0 Å². The zero-order chi connectivity index (χ0) is 10.4. The molecule has 3 heteroatoms. The molecule has 1 rings (SSSR count). The number of carbonyl (C=O) groups excluding carboxylic acids is 1. The molecule has 1 aromatic rings. The fourth-order valence-electron chi connectivity index (χ4n) is 1.27. The maximum absolute atomic E-state index is 10.5. The molecule has 0 unspecified atom stereocenters. The summed E-state index contributed by atoms with van der Waals surface area (Å²) in [6.45, 7) is 2.70. The van der Waals surface area contributed by atoms with Gasteiger partial charge in [0.25, 0.3) is 0 Å². The van der Waals surface area contributed by atoms with Gasteiger partial charge in [0, 0.05) is 19.0 Å². The standard InChI is InChI=1S/C11H16N2O/c1-9(13-8-7-11(12)14)10-5-3-2-4-6-10/h2-6,9,13H,7-8H2,1H3,(H2,12,14)/t9-/m1/s1. The van der Waals surface area contributed by atoms with Crippen LogP contribution >= 0.6 is 0 Å². The van der Waals surface area contributed by atoms with Crippen LogP contribution < -0.4 is 11.1 Å². The lowest BCUT2D eigenvalue weighted by Crippen LogP contribution is -2.24. The van der Waals surface area contributed by atoms with Gasteiger partial charge in [-0.1, -0.05) is 30.3 Å². The van der Waals surface area contributed by atoms with Crippen LogP contribution in [0, 0.1) is 0 Å². The van der Waals surface area contributed by atoms with Gasteiger partial charge < -0.3 is 11.1 Å². The van der Waals surface area contributed by atoms with Gasteiger partial charge in [-0.05, 0) is 12.5 Å². The minimum Gasteiger partial charge on any atom is -0.370 e. The molecule has 0 aliphatic rings. The summed E-state index contributed by atoms with van der Waals surface area (Å²) >= 11 is 0. The Bertz CT molecular complexity index is 285. The third-order valence-corrected chi connectivity index (χ3v) is 2.12. The van der Waals surface area contributed by atoms with Crippen LogP contribution in [-0.2, 0) is 4.79 Å². The number of nitrogens with two attached hydrogens (primary N) is 1. The Hall–Kier alpha value is -1.35. The molecule has 0 spiro atoms. The van der Waals surface area contributed by atoms with Crippen molar-refractivity contribution >= 4 is 5.91 Å². The maximum atomic E-state index is 10.5. The highest BCUT2D eigenvalue weighted by atomic mass is 16.1. The number of primary amides is 1. The maximum Gasteiger partial charge on any atom is 0.218 e. The molecule has 0 bridgehead atoms. The van der Waals surface area contributed by atoms with E-state index in [2.05, 4.69) is 24.4 Å². The summed E-state index contributed by atoms with van der Waals surface area (Å²) in [6.07, 6.45) is 0.386. The van der Waals surface area contributed by atoms with Gasteiger partial charge in [-0.25, -0.2) is 0 Å². The largest absolute Gasteiger partial charge is 0.370 e. The Morgan fingerprint density at radius 1 is 1.43 bits per heavy atom. The van der Waals surface area contributed by atoms with E-state index in [1.807, 2.05) is 18.2 Å². The van der Waals surface area contributed by atoms with E-state index in [-0.39, 0.29) is 11.9 Å². The average molecular weight is 192 g/mol. The Morgan fingerprint density at radius 3 is 2.64 bits per heavy atom. The molecule has 0 aromatic heterocycles. The summed E-state index contributed by atoms with van der Waals surface area (Å²) in [7, 11) is 0. The predicted octanol–water partition coefficient (Wildman–Crippen LogP) is 1.21. The summed E-state index contributed by atoms with van der Waals surface area (Å²) in [6, 6.07) is 10.4. The zero-order valence-electron chi connectivity index (χ0n) is 8.36. The molecular formula is C11H16N2O. The van der Waals surface area contributed by atoms with Crippen molar-refractivity contribution < 1.29 is 4.79 Å². The molecule has 1 atom stereocenters. The zero-order valence-corrected chi connectivity index (χ0v) is 8.36. The van der Waals surface area contributed by atoms with Gasteiger partial charge in [-0.15, -0.1) is 0 Å². The van der Waals surface area contributed by atoms with E-state index in [0.29, 0.717) is 13.0 Å². The first kappa shape index (κ1) is 10.7. The molecule has 0 saturated heterocycles. The third kappa shape index (κ3) is 3.58. The minimum atomic E-state index is -0.266. The number of hydrogen-bond acceptors (Lipinski definition) is 2. The number of nitrogens with one attached hydrogen (secondary N) is 1. The lowest BCUT2D eigenvalue weighted by atomic mass is 10.1. The van der Waals surface area contributed by atoms with Crippen molar-refractivity contribution in [3.63, 3.8) is 0 Å². The van der Waals surface area contributed by atoms with E-state index in [1.54, 1.807) is 0 Å². The molecule has 0 fully saturated rings. The van der Waals surface area contributed by atoms with Gasteiger partial charge in [-0.2, -0.15) is 0 Å². The molecule has 1 amide bonds. The predicted molar refractivity (Wildman–Crippen MR) is 56.7 cm³/mol. The van der Waals surface area contributed by atoms with Gasteiger partial charge in [0.1, 0.15) is 0 Å². The Kier molecular flexibility index (Phi) is 4.13. The van der Waals surface area contributed by atoms with E-state index >= 15 is 0 Å². The van der Waals surface area contributed by atoms with E-state index < -0.39 is 0 Å². The molecule has 3 nitrogen and oxygen atoms in total. The Morgan fingerprint density at radius 2 is 2.07 bits per heavy atom. The van der Waals surface area contributed by atoms with E-state index in [0.717, 1.165) is 0 Å². The first-order valence-corrected chi connectivity index (χ1v) is 4.77. The van der Waals surface area contributed by atoms with Crippen LogP contribution in [0.3, 0.4) is 0 Å². The van der Waals surface area contributed by atoms with Gasteiger partial charge in [0.2, 0.25) is 5.91 Å². The van der Waals surface area contributed by atoms with E-state index in [4.69, 9.17) is 5.73 Å². The highest BCUT2D eigenvalue weighted by molar-refractivity contribution is 5.73. The smallest absolute Gasteiger partial charge is 0.218 e. The molecule has 0 aliphatic carbocycles. The van der Waals surface area contributed by atoms with Gasteiger partial charge in [0.05, 0.1) is 0 Å². The van der Waals surface area contributed by atoms with Crippen LogP contribution in [0.2, 0.25) is 0 Å². The first-order chi connectivity index (χ1) is 6.70. The van der Waals surface area contributed by atoms with Crippen molar-refractivity contribution in [1.29, 1.82) is 0 Å². The quantitative estimate of drug-likeness (QED) is 0.736. The van der Waals surface area contributed by atoms with Crippen molar-refractivity contribution in [3.05, 3.63) is 35.9 Å². The molecule has 1 aromatic carbocycles. The number of benzene rings is 1. The molecule has 0 heterocycles. The summed E-state index contributed by atoms with van der Waals surface area (Å²) in [4.78, 5) is 10.5. The van der Waals surface area contributed by atoms with Crippen LogP contribution in [0.4, 0.5) is 0 Å². The van der Waals surface area contributed by atoms with Crippen LogP contribution in [-0.4, -0.2) is 12.5 Å². The number of carbonyl (C=O) groups is 1. The normalized spacial score (nSPS) is 12.4. The lowest BCUT2D eigenvalue weighted by molar-refractivity contribution is -0.117. The fourth-order valence-corrected chi connectivity index (χ4v) is 1.27. The molecule has 0 saturated carbocycles. The molecule has 0 aliphatic heterocycles. The number of hydrogen-bond donors (Lipinski definition) is 2. The Labute approximate surface area is 84.3 Å². The second kappa shape index (κ2) is 5.40. The SMILES string of the molecule is C[C@@H](NCCC(N)=O)c1ccccc1. The highest BCUT2D eigenvalue weighted by Gasteiger charge is 2.03. The lowest BCUT2D eigenvalue weighted by Gasteiger charge is -2.13. The average Bonchev–Trinajstić information content (AvgIpc) is 2.18. The van der Waals surface area contributed by atoms with Crippen molar-refractivity contribution in [2.24, 2.45) is 5.73 Å². The summed E-state index contributed by atoms with van der Waals surface area (Å²) in [5.74, 6) is -0.266. The second-order valence-corrected chi connectivity index (χ2v) is 3.30. The van der Waals surface area contributed by atoms with Crippen molar-refractivity contribution in [2.45, 2.75) is 19.4 Å². The molecule has 76 valence electrons. The fraction of sp³-hybridized carbons (Fsp3) is 0.364. The third-order valence-electron chi connectivity index (χ3n) is 2.12. The molecule has 0 radical (unpaired) electrons. The topological polar surface area (TPSA) is 55.1 Å².